The molecule has 0 amide bonds. The fourth-order valence-electron chi connectivity index (χ4n) is 1.52. The second-order valence-electron chi connectivity index (χ2n) is 3.64. The molecule has 0 radical (unpaired) electrons. The summed E-state index contributed by atoms with van der Waals surface area (Å²) in [5.41, 5.74) is 1.83. The van der Waals surface area contributed by atoms with Crippen molar-refractivity contribution in [1.82, 2.24) is 10.3 Å². The monoisotopic (exact) mass is 238 g/mol. The summed E-state index contributed by atoms with van der Waals surface area (Å²) in [5, 5.41) is 3.09. The Labute approximate surface area is 101 Å². The number of esters is 1. The molecule has 0 aliphatic heterocycles. The number of hydrogen-bond acceptors (Lipinski definition) is 5. The van der Waals surface area contributed by atoms with Crippen LogP contribution in [0.5, 0.6) is 0 Å². The number of aryl methyl sites for hydroxylation is 1. The fraction of sp³-hybridized carbons (Fsp3) is 0.500. The average molecular weight is 238 g/mol. The summed E-state index contributed by atoms with van der Waals surface area (Å²) < 4.78 is 9.72. The number of nitrogens with one attached hydrogen (secondary N) is 1. The van der Waals surface area contributed by atoms with Crippen LogP contribution in [0.3, 0.4) is 0 Å². The zero-order chi connectivity index (χ0) is 12.7. The highest BCUT2D eigenvalue weighted by Crippen LogP contribution is 2.17. The Balaban J connectivity index is 2.82. The van der Waals surface area contributed by atoms with Crippen LogP contribution in [0.25, 0.3) is 0 Å². The Morgan fingerprint density at radius 2 is 2.29 bits per heavy atom. The summed E-state index contributed by atoms with van der Waals surface area (Å²) in [6, 6.07) is 1.37. The minimum Gasteiger partial charge on any atom is -0.468 e. The van der Waals surface area contributed by atoms with Crippen LogP contribution in [-0.4, -0.2) is 38.3 Å². The van der Waals surface area contributed by atoms with Gasteiger partial charge in [-0.3, -0.25) is 10.3 Å². The number of nitrogens with zero attached hydrogens (tertiary/aromatic N) is 1. The number of carbonyl (C=O) groups is 1. The van der Waals surface area contributed by atoms with Crippen molar-refractivity contribution in [1.29, 1.82) is 0 Å². The zero-order valence-corrected chi connectivity index (χ0v) is 10.4. The van der Waals surface area contributed by atoms with Gasteiger partial charge in [0.1, 0.15) is 6.04 Å². The van der Waals surface area contributed by atoms with Gasteiger partial charge in [-0.25, -0.2) is 4.79 Å². The van der Waals surface area contributed by atoms with Crippen molar-refractivity contribution < 1.29 is 14.3 Å². The van der Waals surface area contributed by atoms with Crippen LogP contribution < -0.4 is 5.32 Å². The molecule has 1 aromatic heterocycles. The standard InChI is InChI=1S/C12H18N2O3/c1-9-4-5-13-8-10(9)11(12(15)17-3)14-6-7-16-2/h4-5,8,11,14H,6-7H2,1-3H3. The smallest absolute Gasteiger partial charge is 0.327 e. The Kier molecular flexibility index (Phi) is 5.59. The van der Waals surface area contributed by atoms with Crippen LogP contribution in [0.1, 0.15) is 17.2 Å². The van der Waals surface area contributed by atoms with E-state index in [4.69, 9.17) is 9.47 Å². The maximum absolute atomic E-state index is 11.7. The van der Waals surface area contributed by atoms with Gasteiger partial charge in [-0.1, -0.05) is 0 Å². The van der Waals surface area contributed by atoms with E-state index in [0.717, 1.165) is 11.1 Å². The molecule has 1 N–H and O–H groups in total. The van der Waals surface area contributed by atoms with Crippen molar-refractivity contribution in [3.8, 4) is 0 Å². The highest BCUT2D eigenvalue weighted by atomic mass is 16.5. The summed E-state index contributed by atoms with van der Waals surface area (Å²) in [7, 11) is 2.99. The largest absolute Gasteiger partial charge is 0.468 e. The first-order valence-corrected chi connectivity index (χ1v) is 5.41. The molecule has 0 aromatic carbocycles. The van der Waals surface area contributed by atoms with E-state index < -0.39 is 6.04 Å². The van der Waals surface area contributed by atoms with E-state index in [9.17, 15) is 4.79 Å². The van der Waals surface area contributed by atoms with Crippen molar-refractivity contribution in [2.45, 2.75) is 13.0 Å². The molecule has 0 bridgehead atoms. The van der Waals surface area contributed by atoms with Crippen LogP contribution in [0, 0.1) is 6.92 Å². The maximum atomic E-state index is 11.7. The molecule has 5 nitrogen and oxygen atoms in total. The van der Waals surface area contributed by atoms with Crippen LogP contribution >= 0.6 is 0 Å². The molecule has 0 saturated heterocycles. The molecule has 5 heteroatoms. The topological polar surface area (TPSA) is 60.5 Å². The molecule has 1 rings (SSSR count). The number of methoxy groups -OCH3 is 2. The van der Waals surface area contributed by atoms with Gasteiger partial charge in [0.15, 0.2) is 0 Å². The summed E-state index contributed by atoms with van der Waals surface area (Å²) >= 11 is 0. The molecule has 0 aliphatic carbocycles. The molecule has 0 fully saturated rings. The first-order valence-electron chi connectivity index (χ1n) is 5.41. The highest BCUT2D eigenvalue weighted by Gasteiger charge is 2.22. The Morgan fingerprint density at radius 3 is 2.88 bits per heavy atom. The Hall–Kier alpha value is -1.46. The zero-order valence-electron chi connectivity index (χ0n) is 10.4. The molecule has 1 unspecified atom stereocenters. The van der Waals surface area contributed by atoms with Gasteiger partial charge in [0.25, 0.3) is 0 Å². The van der Waals surface area contributed by atoms with Crippen molar-refractivity contribution in [2.24, 2.45) is 0 Å². The lowest BCUT2D eigenvalue weighted by atomic mass is 10.0. The fourth-order valence-corrected chi connectivity index (χ4v) is 1.52. The summed E-state index contributed by atoms with van der Waals surface area (Å²) in [5.74, 6) is -0.322. The third-order valence-corrected chi connectivity index (χ3v) is 2.48. The van der Waals surface area contributed by atoms with E-state index in [1.165, 1.54) is 7.11 Å². The Morgan fingerprint density at radius 1 is 1.53 bits per heavy atom. The lowest BCUT2D eigenvalue weighted by Gasteiger charge is -2.18. The minimum absolute atomic E-state index is 0.322. The van der Waals surface area contributed by atoms with Gasteiger partial charge in [-0.05, 0) is 18.6 Å². The molecule has 1 heterocycles. The molecule has 0 aliphatic rings. The normalized spacial score (nSPS) is 12.2. The van der Waals surface area contributed by atoms with Crippen molar-refractivity contribution in [2.75, 3.05) is 27.4 Å². The maximum Gasteiger partial charge on any atom is 0.327 e. The van der Waals surface area contributed by atoms with E-state index in [-0.39, 0.29) is 5.97 Å². The second-order valence-corrected chi connectivity index (χ2v) is 3.64. The minimum atomic E-state index is -0.496. The van der Waals surface area contributed by atoms with E-state index >= 15 is 0 Å². The number of hydrogen-bond donors (Lipinski definition) is 1. The molecule has 0 spiro atoms. The molecule has 17 heavy (non-hydrogen) atoms. The van der Waals surface area contributed by atoms with Gasteiger partial charge in [-0.2, -0.15) is 0 Å². The van der Waals surface area contributed by atoms with Crippen molar-refractivity contribution in [3.05, 3.63) is 29.6 Å². The van der Waals surface area contributed by atoms with E-state index in [1.54, 1.807) is 19.5 Å². The van der Waals surface area contributed by atoms with Crippen LogP contribution in [0.2, 0.25) is 0 Å². The number of ether oxygens (including phenoxy) is 2. The summed E-state index contributed by atoms with van der Waals surface area (Å²) in [4.78, 5) is 15.7. The lowest BCUT2D eigenvalue weighted by Crippen LogP contribution is -2.32. The predicted octanol–water partition coefficient (Wildman–Crippen LogP) is 0.840. The van der Waals surface area contributed by atoms with Gasteiger partial charge in [0.05, 0.1) is 13.7 Å². The molecule has 94 valence electrons. The molecule has 1 aromatic rings. The van der Waals surface area contributed by atoms with E-state index in [0.29, 0.717) is 13.2 Å². The quantitative estimate of drug-likeness (QED) is 0.588. The molecular weight excluding hydrogens is 220 g/mol. The van der Waals surface area contributed by atoms with Gasteiger partial charge in [0.2, 0.25) is 0 Å². The lowest BCUT2D eigenvalue weighted by molar-refractivity contribution is -0.143. The summed E-state index contributed by atoms with van der Waals surface area (Å²) in [6.07, 6.45) is 3.37. The van der Waals surface area contributed by atoms with Crippen molar-refractivity contribution in [3.63, 3.8) is 0 Å². The van der Waals surface area contributed by atoms with Gasteiger partial charge >= 0.3 is 5.97 Å². The average Bonchev–Trinajstić information content (AvgIpc) is 2.35. The van der Waals surface area contributed by atoms with Crippen LogP contribution in [-0.2, 0) is 14.3 Å². The Bertz CT molecular complexity index is 369. The van der Waals surface area contributed by atoms with Crippen molar-refractivity contribution >= 4 is 5.97 Å². The first kappa shape index (κ1) is 13.6. The molecular formula is C12H18N2O3. The third kappa shape index (κ3) is 3.80. The summed E-state index contributed by atoms with van der Waals surface area (Å²) in [6.45, 7) is 3.04. The van der Waals surface area contributed by atoms with Crippen LogP contribution in [0.4, 0.5) is 0 Å². The molecule has 1 atom stereocenters. The predicted molar refractivity (Wildman–Crippen MR) is 63.6 cm³/mol. The number of aromatic nitrogens is 1. The first-order chi connectivity index (χ1) is 8.20. The van der Waals surface area contributed by atoms with Gasteiger partial charge in [0, 0.05) is 31.6 Å². The number of pyridine rings is 1. The van der Waals surface area contributed by atoms with E-state index in [1.807, 2.05) is 13.0 Å². The van der Waals surface area contributed by atoms with Crippen LogP contribution in [0.15, 0.2) is 18.5 Å². The highest BCUT2D eigenvalue weighted by molar-refractivity contribution is 5.77. The SMILES string of the molecule is COCCNC(C(=O)OC)c1cnccc1C. The number of carbonyl (C=O) groups excluding carboxylic acids is 1. The second kappa shape index (κ2) is 6.98. The molecule has 0 saturated carbocycles. The third-order valence-electron chi connectivity index (χ3n) is 2.48. The number of rotatable bonds is 6. The van der Waals surface area contributed by atoms with Gasteiger partial charge in [-0.15, -0.1) is 0 Å². The van der Waals surface area contributed by atoms with Gasteiger partial charge < -0.3 is 9.47 Å². The van der Waals surface area contributed by atoms with E-state index in [2.05, 4.69) is 10.3 Å².